The molecule has 4 nitrogen and oxygen atoms in total. The number of rotatable bonds is 0. The van der Waals surface area contributed by atoms with Gasteiger partial charge in [0.1, 0.15) is 17.7 Å². The molecule has 0 amide bonds. The summed E-state index contributed by atoms with van der Waals surface area (Å²) in [6.45, 7) is 0. The van der Waals surface area contributed by atoms with E-state index in [-0.39, 0.29) is 11.3 Å². The SMILES string of the molecule is Nc1ncnc2c(F)cncc12. The third-order valence-electron chi connectivity index (χ3n) is 1.53. The Morgan fingerprint density at radius 1 is 1.25 bits per heavy atom. The van der Waals surface area contributed by atoms with Crippen LogP contribution in [-0.4, -0.2) is 15.0 Å². The number of pyridine rings is 1. The summed E-state index contributed by atoms with van der Waals surface area (Å²) < 4.78 is 13.0. The fourth-order valence-corrected chi connectivity index (χ4v) is 0.965. The molecule has 2 heterocycles. The van der Waals surface area contributed by atoms with E-state index in [1.807, 2.05) is 0 Å². The molecular formula is C7H5FN4. The number of nitrogen functional groups attached to an aromatic ring is 1. The highest BCUT2D eigenvalue weighted by Gasteiger charge is 2.04. The second kappa shape index (κ2) is 2.37. The van der Waals surface area contributed by atoms with E-state index < -0.39 is 5.82 Å². The first kappa shape index (κ1) is 6.90. The Kier molecular flexibility index (Phi) is 1.36. The van der Waals surface area contributed by atoms with Crippen LogP contribution in [0.25, 0.3) is 10.9 Å². The van der Waals surface area contributed by atoms with Crippen LogP contribution in [0.2, 0.25) is 0 Å². The molecule has 0 aliphatic heterocycles. The van der Waals surface area contributed by atoms with Crippen molar-refractivity contribution in [1.29, 1.82) is 0 Å². The maximum Gasteiger partial charge on any atom is 0.167 e. The van der Waals surface area contributed by atoms with Gasteiger partial charge in [0.15, 0.2) is 5.82 Å². The predicted molar refractivity (Wildman–Crippen MR) is 41.7 cm³/mol. The molecule has 0 saturated heterocycles. The summed E-state index contributed by atoms with van der Waals surface area (Å²) in [5.74, 6) is -0.242. The van der Waals surface area contributed by atoms with E-state index >= 15 is 0 Å². The molecule has 0 aliphatic rings. The molecule has 60 valence electrons. The molecule has 0 fully saturated rings. The van der Waals surface area contributed by atoms with Gasteiger partial charge in [-0.2, -0.15) is 0 Å². The molecular weight excluding hydrogens is 159 g/mol. The minimum atomic E-state index is -0.485. The highest BCUT2D eigenvalue weighted by atomic mass is 19.1. The lowest BCUT2D eigenvalue weighted by molar-refractivity contribution is 0.630. The highest BCUT2D eigenvalue weighted by Crippen LogP contribution is 2.16. The molecule has 0 bridgehead atoms. The van der Waals surface area contributed by atoms with Gasteiger partial charge in [-0.05, 0) is 0 Å². The van der Waals surface area contributed by atoms with Crippen LogP contribution in [0.15, 0.2) is 18.7 Å². The minimum absolute atomic E-state index is 0.206. The Bertz CT molecular complexity index is 387. The second-order valence-corrected chi connectivity index (χ2v) is 2.28. The van der Waals surface area contributed by atoms with Crippen molar-refractivity contribution in [2.45, 2.75) is 0 Å². The zero-order chi connectivity index (χ0) is 8.55. The molecule has 2 aromatic heterocycles. The van der Waals surface area contributed by atoms with Gasteiger partial charge in [0.25, 0.3) is 0 Å². The maximum absolute atomic E-state index is 13.0. The number of nitrogens with two attached hydrogens (primary N) is 1. The van der Waals surface area contributed by atoms with E-state index in [4.69, 9.17) is 5.73 Å². The van der Waals surface area contributed by atoms with Crippen LogP contribution in [0.1, 0.15) is 0 Å². The Morgan fingerprint density at radius 2 is 2.08 bits per heavy atom. The minimum Gasteiger partial charge on any atom is -0.383 e. The molecule has 12 heavy (non-hydrogen) atoms. The van der Waals surface area contributed by atoms with Gasteiger partial charge in [-0.3, -0.25) is 4.98 Å². The summed E-state index contributed by atoms with van der Waals surface area (Å²) >= 11 is 0. The smallest absolute Gasteiger partial charge is 0.167 e. The molecule has 2 N–H and O–H groups in total. The van der Waals surface area contributed by atoms with Crippen molar-refractivity contribution >= 4 is 16.7 Å². The van der Waals surface area contributed by atoms with Crippen molar-refractivity contribution < 1.29 is 4.39 Å². The standard InChI is InChI=1S/C7H5FN4/c8-5-2-10-1-4-6(5)11-3-12-7(4)9/h1-3H,(H2,9,11,12). The molecule has 0 radical (unpaired) electrons. The molecule has 0 atom stereocenters. The highest BCUT2D eigenvalue weighted by molar-refractivity contribution is 5.86. The second-order valence-electron chi connectivity index (χ2n) is 2.28. The van der Waals surface area contributed by atoms with Crippen LogP contribution in [-0.2, 0) is 0 Å². The summed E-state index contributed by atoms with van der Waals surface area (Å²) in [4.78, 5) is 11.1. The van der Waals surface area contributed by atoms with Gasteiger partial charge in [0.2, 0.25) is 0 Å². The zero-order valence-corrected chi connectivity index (χ0v) is 6.03. The van der Waals surface area contributed by atoms with Crippen LogP contribution < -0.4 is 5.73 Å². The molecule has 2 rings (SSSR count). The molecule has 2 aromatic rings. The number of hydrogen-bond donors (Lipinski definition) is 1. The molecule has 0 spiro atoms. The van der Waals surface area contributed by atoms with Crippen molar-refractivity contribution in [1.82, 2.24) is 15.0 Å². The molecule has 0 saturated carbocycles. The lowest BCUT2D eigenvalue weighted by Crippen LogP contribution is -1.95. The Balaban J connectivity index is 2.94. The number of hydrogen-bond acceptors (Lipinski definition) is 4. The third-order valence-corrected chi connectivity index (χ3v) is 1.53. The van der Waals surface area contributed by atoms with Crippen LogP contribution in [0, 0.1) is 5.82 Å². The summed E-state index contributed by atoms with van der Waals surface area (Å²) in [6.07, 6.45) is 3.75. The monoisotopic (exact) mass is 164 g/mol. The van der Waals surface area contributed by atoms with Crippen molar-refractivity contribution in [3.05, 3.63) is 24.5 Å². The van der Waals surface area contributed by atoms with Crippen molar-refractivity contribution in [3.63, 3.8) is 0 Å². The van der Waals surface area contributed by atoms with Gasteiger partial charge >= 0.3 is 0 Å². The van der Waals surface area contributed by atoms with Gasteiger partial charge in [-0.1, -0.05) is 0 Å². The van der Waals surface area contributed by atoms with E-state index in [1.165, 1.54) is 12.5 Å². The summed E-state index contributed by atoms with van der Waals surface area (Å²) in [5, 5.41) is 0.442. The first-order chi connectivity index (χ1) is 5.79. The van der Waals surface area contributed by atoms with Crippen molar-refractivity contribution in [3.8, 4) is 0 Å². The molecule has 0 aromatic carbocycles. The number of fused-ring (bicyclic) bond motifs is 1. The first-order valence-electron chi connectivity index (χ1n) is 3.29. The molecule has 0 aliphatic carbocycles. The van der Waals surface area contributed by atoms with E-state index in [1.54, 1.807) is 0 Å². The van der Waals surface area contributed by atoms with Crippen molar-refractivity contribution in [2.24, 2.45) is 0 Å². The first-order valence-corrected chi connectivity index (χ1v) is 3.29. The van der Waals surface area contributed by atoms with Gasteiger partial charge in [-0.25, -0.2) is 14.4 Å². The van der Waals surface area contributed by atoms with Crippen LogP contribution in [0.5, 0.6) is 0 Å². The van der Waals surface area contributed by atoms with Gasteiger partial charge in [0.05, 0.1) is 11.6 Å². The fourth-order valence-electron chi connectivity index (χ4n) is 0.965. The largest absolute Gasteiger partial charge is 0.383 e. The topological polar surface area (TPSA) is 64.7 Å². The van der Waals surface area contributed by atoms with E-state index in [0.717, 1.165) is 6.20 Å². The van der Waals surface area contributed by atoms with Gasteiger partial charge in [0, 0.05) is 6.20 Å². The number of nitrogens with zero attached hydrogens (tertiary/aromatic N) is 3. The Labute approximate surface area is 67.3 Å². The van der Waals surface area contributed by atoms with Gasteiger partial charge < -0.3 is 5.73 Å². The van der Waals surface area contributed by atoms with E-state index in [0.29, 0.717) is 5.39 Å². The number of halogens is 1. The Morgan fingerprint density at radius 3 is 2.83 bits per heavy atom. The third kappa shape index (κ3) is 0.868. The van der Waals surface area contributed by atoms with E-state index in [9.17, 15) is 4.39 Å². The Hall–Kier alpha value is -1.78. The summed E-state index contributed by atoms with van der Waals surface area (Å²) in [6, 6.07) is 0. The van der Waals surface area contributed by atoms with Crippen LogP contribution in [0.4, 0.5) is 10.2 Å². The lowest BCUT2D eigenvalue weighted by Gasteiger charge is -1.98. The average molecular weight is 164 g/mol. The van der Waals surface area contributed by atoms with Gasteiger partial charge in [-0.15, -0.1) is 0 Å². The summed E-state index contributed by atoms with van der Waals surface area (Å²) in [7, 11) is 0. The number of anilines is 1. The fraction of sp³-hybridized carbons (Fsp3) is 0. The predicted octanol–water partition coefficient (Wildman–Crippen LogP) is 0.746. The maximum atomic E-state index is 13.0. The van der Waals surface area contributed by atoms with E-state index in [2.05, 4.69) is 15.0 Å². The number of aromatic nitrogens is 3. The quantitative estimate of drug-likeness (QED) is 0.623. The van der Waals surface area contributed by atoms with Crippen molar-refractivity contribution in [2.75, 3.05) is 5.73 Å². The molecule has 0 unspecified atom stereocenters. The zero-order valence-electron chi connectivity index (χ0n) is 6.03. The lowest BCUT2D eigenvalue weighted by atomic mass is 10.3. The van der Waals surface area contributed by atoms with Crippen LogP contribution in [0.3, 0.4) is 0 Å². The normalized spacial score (nSPS) is 10.4. The average Bonchev–Trinajstić information content (AvgIpc) is 2.07. The van der Waals surface area contributed by atoms with Crippen LogP contribution >= 0.6 is 0 Å². The summed E-state index contributed by atoms with van der Waals surface area (Å²) in [5.41, 5.74) is 5.67. The molecule has 5 heteroatoms.